The zero-order valence-electron chi connectivity index (χ0n) is 10.7. The molecule has 7 heteroatoms. The minimum atomic E-state index is -0.941. The summed E-state index contributed by atoms with van der Waals surface area (Å²) in [6.07, 6.45) is 0. The van der Waals surface area contributed by atoms with E-state index in [1.807, 2.05) is 31.2 Å². The van der Waals surface area contributed by atoms with Gasteiger partial charge in [-0.1, -0.05) is 12.1 Å². The van der Waals surface area contributed by atoms with Crippen molar-refractivity contribution in [3.63, 3.8) is 0 Å². The van der Waals surface area contributed by atoms with Crippen molar-refractivity contribution >= 4 is 28.9 Å². The molecule has 3 rings (SSSR count). The van der Waals surface area contributed by atoms with E-state index < -0.39 is 23.8 Å². The lowest BCUT2D eigenvalue weighted by Gasteiger charge is -2.21. The Morgan fingerprint density at radius 1 is 1.15 bits per heavy atom. The second kappa shape index (κ2) is 4.44. The molecular weight excluding hydrogens is 260 g/mol. The van der Waals surface area contributed by atoms with Crippen LogP contribution < -0.4 is 10.6 Å². The Bertz CT molecular complexity index is 714. The molecule has 0 radical (unpaired) electrons. The Morgan fingerprint density at radius 2 is 1.80 bits per heavy atom. The van der Waals surface area contributed by atoms with Crippen LogP contribution in [0, 0.1) is 12.8 Å². The smallest absolute Gasteiger partial charge is 0.327 e. The number of aromatic nitrogens is 2. The van der Waals surface area contributed by atoms with Gasteiger partial charge in [0, 0.05) is 6.54 Å². The summed E-state index contributed by atoms with van der Waals surface area (Å²) < 4.78 is 1.80. The number of carbonyl (C=O) groups is 3. The molecule has 102 valence electrons. The Morgan fingerprint density at radius 3 is 2.50 bits per heavy atom. The van der Waals surface area contributed by atoms with Crippen molar-refractivity contribution in [2.24, 2.45) is 5.92 Å². The number of fused-ring (bicyclic) bond motifs is 1. The number of nitrogens with zero attached hydrogens (tertiary/aromatic N) is 2. The van der Waals surface area contributed by atoms with Gasteiger partial charge in [0.2, 0.25) is 11.8 Å². The molecular formula is C13H12N4O3. The number of imidazole rings is 1. The first kappa shape index (κ1) is 12.3. The highest BCUT2D eigenvalue weighted by atomic mass is 16.2. The number of para-hydroxylation sites is 2. The number of hydrogen-bond acceptors (Lipinski definition) is 4. The number of hydrogen-bond donors (Lipinski definition) is 2. The van der Waals surface area contributed by atoms with Crippen molar-refractivity contribution in [1.82, 2.24) is 20.2 Å². The summed E-state index contributed by atoms with van der Waals surface area (Å²) in [5.74, 6) is -1.40. The van der Waals surface area contributed by atoms with Gasteiger partial charge >= 0.3 is 6.03 Å². The molecule has 1 saturated heterocycles. The third kappa shape index (κ3) is 1.93. The molecule has 0 bridgehead atoms. The minimum Gasteiger partial charge on any atom is -0.327 e. The Labute approximate surface area is 114 Å². The Hall–Kier alpha value is -2.70. The van der Waals surface area contributed by atoms with Crippen molar-refractivity contribution in [1.29, 1.82) is 0 Å². The van der Waals surface area contributed by atoms with Crippen LogP contribution in [0.3, 0.4) is 0 Å². The summed E-state index contributed by atoms with van der Waals surface area (Å²) in [5, 5.41) is 4.19. The summed E-state index contributed by atoms with van der Waals surface area (Å²) in [7, 11) is 0. The van der Waals surface area contributed by atoms with Gasteiger partial charge in [-0.05, 0) is 19.1 Å². The molecule has 0 spiro atoms. The van der Waals surface area contributed by atoms with Crippen LogP contribution in [0.15, 0.2) is 24.3 Å². The van der Waals surface area contributed by atoms with Crippen LogP contribution in [-0.2, 0) is 16.1 Å². The molecule has 0 saturated carbocycles. The fourth-order valence-electron chi connectivity index (χ4n) is 2.32. The predicted octanol–water partition coefficient (Wildman–Crippen LogP) is 0.327. The molecule has 1 fully saturated rings. The lowest BCUT2D eigenvalue weighted by Crippen LogP contribution is -2.56. The summed E-state index contributed by atoms with van der Waals surface area (Å²) in [5.41, 5.74) is 1.65. The van der Waals surface area contributed by atoms with E-state index in [9.17, 15) is 14.4 Å². The number of rotatable bonds is 2. The van der Waals surface area contributed by atoms with Crippen LogP contribution in [0.5, 0.6) is 0 Å². The van der Waals surface area contributed by atoms with E-state index in [1.54, 1.807) is 4.57 Å². The number of urea groups is 1. The zero-order chi connectivity index (χ0) is 14.3. The van der Waals surface area contributed by atoms with Crippen molar-refractivity contribution in [2.75, 3.05) is 0 Å². The molecule has 7 nitrogen and oxygen atoms in total. The average molecular weight is 272 g/mol. The first-order valence-corrected chi connectivity index (χ1v) is 6.14. The molecule has 1 aromatic carbocycles. The van der Waals surface area contributed by atoms with E-state index in [1.165, 1.54) is 0 Å². The summed E-state index contributed by atoms with van der Waals surface area (Å²) in [6, 6.07) is 6.70. The number of carbonyl (C=O) groups excluding carboxylic acids is 3. The predicted molar refractivity (Wildman–Crippen MR) is 69.6 cm³/mol. The second-order valence-corrected chi connectivity index (χ2v) is 4.62. The second-order valence-electron chi connectivity index (χ2n) is 4.62. The van der Waals surface area contributed by atoms with E-state index in [0.29, 0.717) is 5.82 Å². The lowest BCUT2D eigenvalue weighted by atomic mass is 10.1. The third-order valence-corrected chi connectivity index (χ3v) is 3.32. The lowest BCUT2D eigenvalue weighted by molar-refractivity contribution is -0.136. The van der Waals surface area contributed by atoms with Gasteiger partial charge in [0.25, 0.3) is 0 Å². The molecule has 2 heterocycles. The quantitative estimate of drug-likeness (QED) is 0.770. The fourth-order valence-corrected chi connectivity index (χ4v) is 2.32. The van der Waals surface area contributed by atoms with Crippen molar-refractivity contribution in [2.45, 2.75) is 13.5 Å². The first-order valence-electron chi connectivity index (χ1n) is 6.14. The van der Waals surface area contributed by atoms with Crippen molar-refractivity contribution in [3.8, 4) is 0 Å². The molecule has 1 aliphatic heterocycles. The number of barbiturate groups is 1. The van der Waals surface area contributed by atoms with Gasteiger partial charge in [-0.3, -0.25) is 20.2 Å². The van der Waals surface area contributed by atoms with Crippen LogP contribution in [0.1, 0.15) is 5.82 Å². The maximum atomic E-state index is 11.8. The average Bonchev–Trinajstić information content (AvgIpc) is 2.69. The molecule has 1 aromatic heterocycles. The van der Waals surface area contributed by atoms with E-state index in [2.05, 4.69) is 15.6 Å². The third-order valence-electron chi connectivity index (χ3n) is 3.32. The standard InChI is InChI=1S/C13H12N4O3/c1-7-14-9-4-2-3-5-10(9)17(7)6-8-11(18)15-13(20)16-12(8)19/h2-5,8H,6H2,1H3,(H2,15,16,18,19,20). The van der Waals surface area contributed by atoms with Gasteiger partial charge in [0.15, 0.2) is 0 Å². The molecule has 1 aliphatic rings. The van der Waals surface area contributed by atoms with Gasteiger partial charge in [-0.25, -0.2) is 9.78 Å². The highest BCUT2D eigenvalue weighted by Gasteiger charge is 2.34. The SMILES string of the molecule is Cc1nc2ccccc2n1CC1C(=O)NC(=O)NC1=O. The number of aryl methyl sites for hydroxylation is 1. The van der Waals surface area contributed by atoms with Crippen LogP contribution in [0.25, 0.3) is 11.0 Å². The van der Waals surface area contributed by atoms with Gasteiger partial charge in [0.1, 0.15) is 11.7 Å². The number of amides is 4. The van der Waals surface area contributed by atoms with Crippen LogP contribution in [0.2, 0.25) is 0 Å². The highest BCUT2D eigenvalue weighted by molar-refractivity contribution is 6.16. The Balaban J connectivity index is 1.97. The van der Waals surface area contributed by atoms with Gasteiger partial charge in [-0.15, -0.1) is 0 Å². The van der Waals surface area contributed by atoms with Crippen LogP contribution in [-0.4, -0.2) is 27.4 Å². The zero-order valence-corrected chi connectivity index (χ0v) is 10.7. The Kier molecular flexibility index (Phi) is 2.74. The molecule has 2 N–H and O–H groups in total. The summed E-state index contributed by atoms with van der Waals surface area (Å²) in [6.45, 7) is 1.96. The van der Waals surface area contributed by atoms with Crippen molar-refractivity contribution in [3.05, 3.63) is 30.1 Å². The van der Waals surface area contributed by atoms with E-state index in [-0.39, 0.29) is 6.54 Å². The number of imide groups is 2. The summed E-state index contributed by atoms with van der Waals surface area (Å²) >= 11 is 0. The van der Waals surface area contributed by atoms with Crippen molar-refractivity contribution < 1.29 is 14.4 Å². The molecule has 0 aliphatic carbocycles. The topological polar surface area (TPSA) is 93.1 Å². The van der Waals surface area contributed by atoms with Gasteiger partial charge in [-0.2, -0.15) is 0 Å². The maximum absolute atomic E-state index is 11.8. The van der Waals surface area contributed by atoms with Crippen LogP contribution >= 0.6 is 0 Å². The molecule has 20 heavy (non-hydrogen) atoms. The first-order chi connectivity index (χ1) is 9.56. The fraction of sp³-hybridized carbons (Fsp3) is 0.231. The summed E-state index contributed by atoms with van der Waals surface area (Å²) in [4.78, 5) is 38.9. The number of nitrogens with one attached hydrogen (secondary N) is 2. The van der Waals surface area contributed by atoms with Gasteiger partial charge in [0.05, 0.1) is 11.0 Å². The molecule has 4 amide bonds. The normalized spacial score (nSPS) is 16.4. The number of benzene rings is 1. The molecule has 0 atom stereocenters. The minimum absolute atomic E-state index is 0.150. The maximum Gasteiger partial charge on any atom is 0.328 e. The van der Waals surface area contributed by atoms with E-state index in [0.717, 1.165) is 11.0 Å². The van der Waals surface area contributed by atoms with E-state index in [4.69, 9.17) is 0 Å². The molecule has 2 aromatic rings. The monoisotopic (exact) mass is 272 g/mol. The molecule has 0 unspecified atom stereocenters. The largest absolute Gasteiger partial charge is 0.328 e. The van der Waals surface area contributed by atoms with Gasteiger partial charge < -0.3 is 4.57 Å². The van der Waals surface area contributed by atoms with Crippen LogP contribution in [0.4, 0.5) is 4.79 Å². The van der Waals surface area contributed by atoms with E-state index >= 15 is 0 Å². The highest BCUT2D eigenvalue weighted by Crippen LogP contribution is 2.18.